The zero-order valence-corrected chi connectivity index (χ0v) is 19.1. The van der Waals surface area contributed by atoms with Gasteiger partial charge in [-0.05, 0) is 57.0 Å². The minimum atomic E-state index is -0.811. The van der Waals surface area contributed by atoms with Crippen molar-refractivity contribution in [3.05, 3.63) is 51.2 Å². The summed E-state index contributed by atoms with van der Waals surface area (Å²) in [6, 6.07) is 9.20. The second-order valence-corrected chi connectivity index (χ2v) is 8.66. The average molecular weight is 445 g/mol. The Bertz CT molecular complexity index is 967. The number of ketones is 2. The molecule has 0 aliphatic carbocycles. The maximum Gasteiger partial charge on any atom is 0.279 e. The lowest BCUT2D eigenvalue weighted by molar-refractivity contribution is -0.133. The average Bonchev–Trinajstić information content (AvgIpc) is 3.18. The van der Waals surface area contributed by atoms with Crippen LogP contribution in [0.4, 0.5) is 0 Å². The molecule has 0 fully saturated rings. The van der Waals surface area contributed by atoms with E-state index in [0.717, 1.165) is 16.0 Å². The van der Waals surface area contributed by atoms with Crippen molar-refractivity contribution in [3.63, 3.8) is 0 Å². The molecule has 0 aliphatic rings. The zero-order valence-electron chi connectivity index (χ0n) is 18.2. The number of ether oxygens (including phenoxy) is 1. The van der Waals surface area contributed by atoms with Crippen LogP contribution >= 0.6 is 11.3 Å². The number of rotatable bonds is 10. The lowest BCUT2D eigenvalue weighted by Gasteiger charge is -2.17. The van der Waals surface area contributed by atoms with Crippen molar-refractivity contribution in [1.29, 1.82) is 0 Å². The molecule has 31 heavy (non-hydrogen) atoms. The quantitative estimate of drug-likeness (QED) is 0.431. The van der Waals surface area contributed by atoms with Gasteiger partial charge < -0.3 is 4.74 Å². The standard InChI is InChI=1S/C23H28N2O5S/c1-14-6-5-7-20(16(14)3)30-17(4)23(29)25-24-22(28)13-10-18(26)9-11-19(27)21-12-8-15(2)31-21/h5-8,12,17H,9-11,13H2,1-4H3,(H,24,28)(H,25,29). The summed E-state index contributed by atoms with van der Waals surface area (Å²) in [4.78, 5) is 49.7. The van der Waals surface area contributed by atoms with Crippen molar-refractivity contribution < 1.29 is 23.9 Å². The summed E-state index contributed by atoms with van der Waals surface area (Å²) in [5, 5.41) is 0. The lowest BCUT2D eigenvalue weighted by Crippen LogP contribution is -2.47. The molecule has 0 radical (unpaired) electrons. The molecular weight excluding hydrogens is 416 g/mol. The number of thiophene rings is 1. The third-order valence-corrected chi connectivity index (χ3v) is 5.87. The van der Waals surface area contributed by atoms with Gasteiger partial charge in [-0.25, -0.2) is 0 Å². The summed E-state index contributed by atoms with van der Waals surface area (Å²) < 4.78 is 5.66. The fraction of sp³-hybridized carbons (Fsp3) is 0.391. The number of hydrogen-bond donors (Lipinski definition) is 2. The van der Waals surface area contributed by atoms with Crippen LogP contribution in [-0.2, 0) is 14.4 Å². The molecule has 2 N–H and O–H groups in total. The van der Waals surface area contributed by atoms with Gasteiger partial charge >= 0.3 is 0 Å². The molecule has 0 saturated carbocycles. The molecule has 1 heterocycles. The first kappa shape index (κ1) is 24.3. The first-order valence-corrected chi connectivity index (χ1v) is 10.9. The molecule has 1 unspecified atom stereocenters. The second-order valence-electron chi connectivity index (χ2n) is 7.37. The highest BCUT2D eigenvalue weighted by Gasteiger charge is 2.17. The highest BCUT2D eigenvalue weighted by Crippen LogP contribution is 2.21. The molecule has 1 aromatic heterocycles. The minimum absolute atomic E-state index is 0.00694. The van der Waals surface area contributed by atoms with Crippen LogP contribution in [-0.4, -0.2) is 29.5 Å². The molecule has 2 rings (SSSR count). The van der Waals surface area contributed by atoms with Crippen molar-refractivity contribution in [2.24, 2.45) is 0 Å². The topological polar surface area (TPSA) is 102 Å². The molecule has 1 aromatic carbocycles. The summed E-state index contributed by atoms with van der Waals surface area (Å²) in [5.74, 6) is -0.624. The Labute approximate surface area is 186 Å². The number of amides is 2. The van der Waals surface area contributed by atoms with Gasteiger partial charge in [-0.15, -0.1) is 11.3 Å². The van der Waals surface area contributed by atoms with Gasteiger partial charge in [0.1, 0.15) is 11.5 Å². The van der Waals surface area contributed by atoms with Crippen LogP contribution in [0.25, 0.3) is 0 Å². The van der Waals surface area contributed by atoms with Crippen molar-refractivity contribution >= 4 is 34.7 Å². The fourth-order valence-electron chi connectivity index (χ4n) is 2.73. The highest BCUT2D eigenvalue weighted by molar-refractivity contribution is 7.14. The molecule has 0 saturated heterocycles. The third kappa shape index (κ3) is 7.64. The van der Waals surface area contributed by atoms with E-state index in [9.17, 15) is 19.2 Å². The van der Waals surface area contributed by atoms with Gasteiger partial charge in [0.05, 0.1) is 4.88 Å². The van der Waals surface area contributed by atoms with Gasteiger partial charge in [-0.2, -0.15) is 0 Å². The molecule has 0 bridgehead atoms. The highest BCUT2D eigenvalue weighted by atomic mass is 32.1. The van der Waals surface area contributed by atoms with E-state index in [1.807, 2.05) is 39.0 Å². The zero-order chi connectivity index (χ0) is 23.0. The molecular formula is C23H28N2O5S. The third-order valence-electron chi connectivity index (χ3n) is 4.83. The summed E-state index contributed by atoms with van der Waals surface area (Å²) in [6.45, 7) is 7.36. The Balaban J connectivity index is 1.67. The van der Waals surface area contributed by atoms with E-state index < -0.39 is 17.9 Å². The van der Waals surface area contributed by atoms with Crippen molar-refractivity contribution in [2.75, 3.05) is 0 Å². The van der Waals surface area contributed by atoms with E-state index in [1.165, 1.54) is 11.3 Å². The van der Waals surface area contributed by atoms with E-state index in [2.05, 4.69) is 10.9 Å². The summed E-state index contributed by atoms with van der Waals surface area (Å²) in [5.41, 5.74) is 6.59. The maximum absolute atomic E-state index is 12.1. The van der Waals surface area contributed by atoms with E-state index >= 15 is 0 Å². The number of Topliss-reactive ketones (excluding diaryl/α,β-unsaturated/α-hetero) is 2. The molecule has 7 nitrogen and oxygen atoms in total. The van der Waals surface area contributed by atoms with Crippen LogP contribution in [0.5, 0.6) is 5.75 Å². The SMILES string of the molecule is Cc1ccc(C(=O)CCC(=O)CCC(=O)NNC(=O)C(C)Oc2cccc(C)c2C)s1. The summed E-state index contributed by atoms with van der Waals surface area (Å²) in [7, 11) is 0. The number of hydrazine groups is 1. The van der Waals surface area contributed by atoms with Crippen molar-refractivity contribution in [1.82, 2.24) is 10.9 Å². The number of carbonyl (C=O) groups excluding carboxylic acids is 4. The van der Waals surface area contributed by atoms with Gasteiger partial charge in [-0.1, -0.05) is 12.1 Å². The fourth-order valence-corrected chi connectivity index (χ4v) is 3.56. The van der Waals surface area contributed by atoms with E-state index in [4.69, 9.17) is 4.74 Å². The van der Waals surface area contributed by atoms with E-state index in [1.54, 1.807) is 19.1 Å². The molecule has 2 amide bonds. The molecule has 0 spiro atoms. The molecule has 0 aliphatic heterocycles. The van der Waals surface area contributed by atoms with Gasteiger partial charge in [-0.3, -0.25) is 30.0 Å². The van der Waals surface area contributed by atoms with E-state index in [-0.39, 0.29) is 37.2 Å². The smallest absolute Gasteiger partial charge is 0.279 e. The largest absolute Gasteiger partial charge is 0.481 e. The Kier molecular flexibility index (Phi) is 8.93. The second kappa shape index (κ2) is 11.4. The number of carbonyl (C=O) groups is 4. The lowest BCUT2D eigenvalue weighted by atomic mass is 10.1. The van der Waals surface area contributed by atoms with Gasteiger partial charge in [0, 0.05) is 30.6 Å². The van der Waals surface area contributed by atoms with Gasteiger partial charge in [0.2, 0.25) is 5.91 Å². The van der Waals surface area contributed by atoms with Gasteiger partial charge in [0.15, 0.2) is 11.9 Å². The predicted octanol–water partition coefficient (Wildman–Crippen LogP) is 3.60. The van der Waals surface area contributed by atoms with Crippen molar-refractivity contribution in [3.8, 4) is 5.75 Å². The monoisotopic (exact) mass is 444 g/mol. The van der Waals surface area contributed by atoms with Crippen LogP contribution < -0.4 is 15.6 Å². The normalized spacial score (nSPS) is 11.5. The van der Waals surface area contributed by atoms with Crippen LogP contribution in [0, 0.1) is 20.8 Å². The maximum atomic E-state index is 12.1. The summed E-state index contributed by atoms with van der Waals surface area (Å²) >= 11 is 1.40. The van der Waals surface area contributed by atoms with Gasteiger partial charge in [0.25, 0.3) is 5.91 Å². The summed E-state index contributed by atoms with van der Waals surface area (Å²) in [6.07, 6.45) is -0.653. The molecule has 8 heteroatoms. The number of nitrogens with one attached hydrogen (secondary N) is 2. The van der Waals surface area contributed by atoms with Crippen LogP contribution in [0.15, 0.2) is 30.3 Å². The Hall–Kier alpha value is -3.00. The van der Waals surface area contributed by atoms with Crippen LogP contribution in [0.1, 0.15) is 58.3 Å². The van der Waals surface area contributed by atoms with Crippen LogP contribution in [0.3, 0.4) is 0 Å². The predicted molar refractivity (Wildman–Crippen MR) is 119 cm³/mol. The first-order chi connectivity index (χ1) is 14.7. The number of aryl methyl sites for hydroxylation is 2. The Morgan fingerprint density at radius 1 is 0.935 bits per heavy atom. The van der Waals surface area contributed by atoms with E-state index in [0.29, 0.717) is 10.6 Å². The first-order valence-electron chi connectivity index (χ1n) is 10.1. The Morgan fingerprint density at radius 2 is 1.65 bits per heavy atom. The number of benzene rings is 1. The minimum Gasteiger partial charge on any atom is -0.481 e. The number of hydrogen-bond acceptors (Lipinski definition) is 6. The molecule has 2 aromatic rings. The molecule has 166 valence electrons. The molecule has 1 atom stereocenters. The van der Waals surface area contributed by atoms with Crippen molar-refractivity contribution in [2.45, 2.75) is 59.5 Å². The Morgan fingerprint density at radius 3 is 2.32 bits per heavy atom. The van der Waals surface area contributed by atoms with Crippen LogP contribution in [0.2, 0.25) is 0 Å².